The van der Waals surface area contributed by atoms with Gasteiger partial charge < -0.3 is 10.3 Å². The van der Waals surface area contributed by atoms with E-state index < -0.39 is 0 Å². The van der Waals surface area contributed by atoms with Crippen molar-refractivity contribution in [1.82, 2.24) is 9.97 Å². The molecule has 0 amide bonds. The van der Waals surface area contributed by atoms with Crippen LogP contribution in [-0.2, 0) is 0 Å². The molecule has 0 aliphatic heterocycles. The van der Waals surface area contributed by atoms with Crippen molar-refractivity contribution < 1.29 is 0 Å². The first kappa shape index (κ1) is 11.8. The van der Waals surface area contributed by atoms with Crippen molar-refractivity contribution in [2.75, 3.05) is 5.32 Å². The predicted octanol–water partition coefficient (Wildman–Crippen LogP) is 4.23. The standard InChI is InChI=1S/C16H17N3/c1-10-4-6-13(12(3)8-10)17-16-18-14-7-5-11(2)9-15(14)19-16/h4-9H,1-3H3,(H2,17,18,19). The number of anilines is 2. The average Bonchev–Trinajstić information content (AvgIpc) is 2.74. The Morgan fingerprint density at radius 1 is 0.947 bits per heavy atom. The first-order valence-electron chi connectivity index (χ1n) is 6.42. The van der Waals surface area contributed by atoms with Crippen LogP contribution >= 0.6 is 0 Å². The van der Waals surface area contributed by atoms with Crippen molar-refractivity contribution in [2.45, 2.75) is 20.8 Å². The molecule has 3 rings (SSSR count). The lowest BCUT2D eigenvalue weighted by atomic mass is 10.1. The van der Waals surface area contributed by atoms with Crippen LogP contribution < -0.4 is 5.32 Å². The van der Waals surface area contributed by atoms with E-state index in [1.807, 2.05) is 6.07 Å². The molecule has 3 nitrogen and oxygen atoms in total. The number of rotatable bonds is 2. The van der Waals surface area contributed by atoms with E-state index in [1.54, 1.807) is 0 Å². The number of benzene rings is 2. The van der Waals surface area contributed by atoms with Gasteiger partial charge in [0, 0.05) is 5.69 Å². The summed E-state index contributed by atoms with van der Waals surface area (Å²) >= 11 is 0. The van der Waals surface area contributed by atoms with Crippen molar-refractivity contribution in [1.29, 1.82) is 0 Å². The zero-order chi connectivity index (χ0) is 13.4. The third-order valence-corrected chi connectivity index (χ3v) is 3.27. The molecule has 0 saturated heterocycles. The van der Waals surface area contributed by atoms with Gasteiger partial charge >= 0.3 is 0 Å². The molecule has 0 aliphatic rings. The predicted molar refractivity (Wildman–Crippen MR) is 80.0 cm³/mol. The lowest BCUT2D eigenvalue weighted by molar-refractivity contribution is 1.28. The molecule has 1 aromatic heterocycles. The summed E-state index contributed by atoms with van der Waals surface area (Å²) in [6.07, 6.45) is 0. The Balaban J connectivity index is 1.96. The Bertz CT molecular complexity index is 741. The van der Waals surface area contributed by atoms with Crippen LogP contribution in [0.4, 0.5) is 11.6 Å². The lowest BCUT2D eigenvalue weighted by Gasteiger charge is -2.07. The van der Waals surface area contributed by atoms with Gasteiger partial charge in [0.2, 0.25) is 5.95 Å². The molecule has 0 unspecified atom stereocenters. The summed E-state index contributed by atoms with van der Waals surface area (Å²) in [5.74, 6) is 0.785. The number of aryl methyl sites for hydroxylation is 3. The quantitative estimate of drug-likeness (QED) is 0.715. The van der Waals surface area contributed by atoms with Crippen LogP contribution in [0.3, 0.4) is 0 Å². The Morgan fingerprint density at radius 3 is 2.47 bits per heavy atom. The Hall–Kier alpha value is -2.29. The van der Waals surface area contributed by atoms with Crippen molar-refractivity contribution in [2.24, 2.45) is 0 Å². The van der Waals surface area contributed by atoms with E-state index in [4.69, 9.17) is 0 Å². The smallest absolute Gasteiger partial charge is 0.205 e. The molecule has 0 bridgehead atoms. The first-order chi connectivity index (χ1) is 9.11. The Morgan fingerprint density at radius 2 is 1.68 bits per heavy atom. The van der Waals surface area contributed by atoms with Crippen LogP contribution in [0, 0.1) is 20.8 Å². The maximum Gasteiger partial charge on any atom is 0.205 e. The van der Waals surface area contributed by atoms with Crippen LogP contribution in [0.5, 0.6) is 0 Å². The molecule has 3 aromatic rings. The highest BCUT2D eigenvalue weighted by molar-refractivity contribution is 5.79. The molecule has 0 spiro atoms. The fourth-order valence-electron chi connectivity index (χ4n) is 2.26. The maximum atomic E-state index is 4.55. The second-order valence-electron chi connectivity index (χ2n) is 5.05. The number of H-pyrrole nitrogens is 1. The van der Waals surface area contributed by atoms with E-state index in [-0.39, 0.29) is 0 Å². The highest BCUT2D eigenvalue weighted by atomic mass is 15.1. The highest BCUT2D eigenvalue weighted by Crippen LogP contribution is 2.22. The summed E-state index contributed by atoms with van der Waals surface area (Å²) in [6, 6.07) is 12.6. The summed E-state index contributed by atoms with van der Waals surface area (Å²) in [5, 5.41) is 3.34. The number of fused-ring (bicyclic) bond motifs is 1. The molecule has 3 heteroatoms. The number of imidazole rings is 1. The molecule has 0 fully saturated rings. The molecular weight excluding hydrogens is 234 g/mol. The molecule has 1 heterocycles. The van der Waals surface area contributed by atoms with Crippen LogP contribution in [0.15, 0.2) is 36.4 Å². The minimum atomic E-state index is 0.785. The summed E-state index contributed by atoms with van der Waals surface area (Å²) in [6.45, 7) is 6.28. The number of hydrogen-bond donors (Lipinski definition) is 2. The second kappa shape index (κ2) is 4.43. The largest absolute Gasteiger partial charge is 0.326 e. The Kier molecular flexibility index (Phi) is 2.75. The zero-order valence-corrected chi connectivity index (χ0v) is 11.4. The van der Waals surface area contributed by atoms with E-state index >= 15 is 0 Å². The first-order valence-corrected chi connectivity index (χ1v) is 6.42. The molecule has 0 radical (unpaired) electrons. The molecule has 96 valence electrons. The van der Waals surface area contributed by atoms with Crippen molar-refractivity contribution >= 4 is 22.7 Å². The van der Waals surface area contributed by atoms with E-state index in [2.05, 4.69) is 66.4 Å². The number of hydrogen-bond acceptors (Lipinski definition) is 2. The number of nitrogens with one attached hydrogen (secondary N) is 2. The van der Waals surface area contributed by atoms with Crippen LogP contribution in [-0.4, -0.2) is 9.97 Å². The summed E-state index contributed by atoms with van der Waals surface area (Å²) < 4.78 is 0. The second-order valence-corrected chi connectivity index (χ2v) is 5.05. The van der Waals surface area contributed by atoms with Gasteiger partial charge in [-0.05, 0) is 50.1 Å². The number of nitrogens with zero attached hydrogens (tertiary/aromatic N) is 1. The SMILES string of the molecule is Cc1ccc(Nc2nc3ccc(C)cc3[nH]2)c(C)c1. The zero-order valence-electron chi connectivity index (χ0n) is 11.4. The number of aromatic nitrogens is 2. The normalized spacial score (nSPS) is 10.9. The monoisotopic (exact) mass is 251 g/mol. The fourth-order valence-corrected chi connectivity index (χ4v) is 2.26. The molecule has 2 aromatic carbocycles. The van der Waals surface area contributed by atoms with Gasteiger partial charge in [0.1, 0.15) is 0 Å². The van der Waals surface area contributed by atoms with Gasteiger partial charge in [-0.1, -0.05) is 23.8 Å². The third kappa shape index (κ3) is 2.32. The van der Waals surface area contributed by atoms with E-state index in [0.717, 1.165) is 22.7 Å². The molecule has 0 saturated carbocycles. The Labute approximate surface area is 112 Å². The van der Waals surface area contributed by atoms with Crippen LogP contribution in [0.25, 0.3) is 11.0 Å². The van der Waals surface area contributed by atoms with Gasteiger partial charge in [0.05, 0.1) is 11.0 Å². The summed E-state index contributed by atoms with van der Waals surface area (Å²) in [5.41, 5.74) is 6.85. The fraction of sp³-hybridized carbons (Fsp3) is 0.188. The summed E-state index contributed by atoms with van der Waals surface area (Å²) in [4.78, 5) is 7.85. The molecule has 0 aliphatic carbocycles. The maximum absolute atomic E-state index is 4.55. The van der Waals surface area contributed by atoms with Gasteiger partial charge in [-0.2, -0.15) is 0 Å². The van der Waals surface area contributed by atoms with Gasteiger partial charge in [-0.15, -0.1) is 0 Å². The van der Waals surface area contributed by atoms with Crippen LogP contribution in [0.2, 0.25) is 0 Å². The summed E-state index contributed by atoms with van der Waals surface area (Å²) in [7, 11) is 0. The van der Waals surface area contributed by atoms with E-state index in [0.29, 0.717) is 0 Å². The highest BCUT2D eigenvalue weighted by Gasteiger charge is 2.04. The van der Waals surface area contributed by atoms with Gasteiger partial charge in [0.25, 0.3) is 0 Å². The van der Waals surface area contributed by atoms with Crippen molar-refractivity contribution in [3.05, 3.63) is 53.1 Å². The topological polar surface area (TPSA) is 40.7 Å². The lowest BCUT2D eigenvalue weighted by Crippen LogP contribution is -1.95. The van der Waals surface area contributed by atoms with E-state index in [9.17, 15) is 0 Å². The van der Waals surface area contributed by atoms with Crippen LogP contribution in [0.1, 0.15) is 16.7 Å². The molecule has 0 atom stereocenters. The third-order valence-electron chi connectivity index (χ3n) is 3.27. The van der Waals surface area contributed by atoms with Gasteiger partial charge in [0.15, 0.2) is 0 Å². The van der Waals surface area contributed by atoms with Gasteiger partial charge in [-0.25, -0.2) is 4.98 Å². The molecular formula is C16H17N3. The minimum absolute atomic E-state index is 0.785. The molecule has 19 heavy (non-hydrogen) atoms. The minimum Gasteiger partial charge on any atom is -0.326 e. The molecule has 2 N–H and O–H groups in total. The van der Waals surface area contributed by atoms with E-state index in [1.165, 1.54) is 16.7 Å². The van der Waals surface area contributed by atoms with Crippen molar-refractivity contribution in [3.8, 4) is 0 Å². The van der Waals surface area contributed by atoms with Crippen molar-refractivity contribution in [3.63, 3.8) is 0 Å². The number of aromatic amines is 1. The van der Waals surface area contributed by atoms with Gasteiger partial charge in [-0.3, -0.25) is 0 Å². The average molecular weight is 251 g/mol.